The molecule has 1 heterocycles. The minimum Gasteiger partial charge on any atom is -0.389 e. The minimum absolute atomic E-state index is 0.0444. The Morgan fingerprint density at radius 2 is 1.94 bits per heavy atom. The molecule has 0 spiro atoms. The minimum atomic E-state index is -2.83. The van der Waals surface area contributed by atoms with Crippen molar-refractivity contribution in [2.75, 3.05) is 18.1 Å². The highest BCUT2D eigenvalue weighted by Crippen LogP contribution is 2.33. The van der Waals surface area contributed by atoms with E-state index in [4.69, 9.17) is 0 Å². The fraction of sp³-hybridized carbons (Fsp3) is 1.00. The molecule has 2 N–H and O–H groups in total. The summed E-state index contributed by atoms with van der Waals surface area (Å²) in [4.78, 5) is 0. The molecule has 1 aliphatic heterocycles. The van der Waals surface area contributed by atoms with Gasteiger partial charge in [-0.3, -0.25) is 0 Å². The lowest BCUT2D eigenvalue weighted by Crippen LogP contribution is -2.47. The smallest absolute Gasteiger partial charge is 0.151 e. The van der Waals surface area contributed by atoms with Crippen molar-refractivity contribution in [3.63, 3.8) is 0 Å². The van der Waals surface area contributed by atoms with E-state index in [1.165, 1.54) is 6.42 Å². The van der Waals surface area contributed by atoms with Gasteiger partial charge in [-0.2, -0.15) is 0 Å². The van der Waals surface area contributed by atoms with Crippen LogP contribution in [0.15, 0.2) is 0 Å². The standard InChI is InChI=1S/C13H25NO3S/c1-2-11-3-6-13(15,7-4-11)10-14-12-5-8-18(16,17)9-12/h11-12,14-15H,2-10H2,1H3. The first-order chi connectivity index (χ1) is 8.42. The molecule has 0 aromatic heterocycles. The second-order valence-corrected chi connectivity index (χ2v) is 8.29. The number of hydrogen-bond donors (Lipinski definition) is 2. The molecule has 5 heteroatoms. The number of sulfone groups is 1. The van der Waals surface area contributed by atoms with Crippen molar-refractivity contribution in [1.82, 2.24) is 5.32 Å². The molecule has 18 heavy (non-hydrogen) atoms. The fourth-order valence-electron chi connectivity index (χ4n) is 3.09. The highest BCUT2D eigenvalue weighted by Gasteiger charge is 2.34. The van der Waals surface area contributed by atoms with Crippen LogP contribution in [0.25, 0.3) is 0 Å². The maximum absolute atomic E-state index is 11.4. The van der Waals surface area contributed by atoms with Crippen LogP contribution in [0, 0.1) is 5.92 Å². The summed E-state index contributed by atoms with van der Waals surface area (Å²) in [7, 11) is -2.83. The lowest BCUT2D eigenvalue weighted by Gasteiger charge is -2.36. The highest BCUT2D eigenvalue weighted by molar-refractivity contribution is 7.91. The molecule has 0 amide bonds. The number of rotatable bonds is 4. The molecule has 0 aromatic rings. The monoisotopic (exact) mass is 275 g/mol. The van der Waals surface area contributed by atoms with Gasteiger partial charge in [-0.15, -0.1) is 0 Å². The molecule has 1 saturated carbocycles. The average molecular weight is 275 g/mol. The normalized spacial score (nSPS) is 39.9. The quantitative estimate of drug-likeness (QED) is 0.806. The summed E-state index contributed by atoms with van der Waals surface area (Å²) in [5.74, 6) is 1.29. The van der Waals surface area contributed by atoms with Gasteiger partial charge >= 0.3 is 0 Å². The van der Waals surface area contributed by atoms with E-state index in [2.05, 4.69) is 12.2 Å². The summed E-state index contributed by atoms with van der Waals surface area (Å²) < 4.78 is 22.7. The van der Waals surface area contributed by atoms with Gasteiger partial charge in [-0.25, -0.2) is 8.42 Å². The van der Waals surface area contributed by atoms with Crippen molar-refractivity contribution in [2.45, 2.75) is 57.1 Å². The summed E-state index contributed by atoms with van der Waals surface area (Å²) in [6, 6.07) is 0.0444. The van der Waals surface area contributed by atoms with E-state index in [0.717, 1.165) is 31.6 Å². The van der Waals surface area contributed by atoms with E-state index < -0.39 is 15.4 Å². The number of hydrogen-bond acceptors (Lipinski definition) is 4. The van der Waals surface area contributed by atoms with E-state index in [9.17, 15) is 13.5 Å². The van der Waals surface area contributed by atoms with Gasteiger partial charge in [-0.05, 0) is 38.0 Å². The van der Waals surface area contributed by atoms with E-state index in [1.807, 2.05) is 0 Å². The summed E-state index contributed by atoms with van der Waals surface area (Å²) in [5.41, 5.74) is -0.613. The Morgan fingerprint density at radius 3 is 2.44 bits per heavy atom. The predicted molar refractivity (Wildman–Crippen MR) is 72.3 cm³/mol. The number of nitrogens with one attached hydrogen (secondary N) is 1. The first-order valence-electron chi connectivity index (χ1n) is 7.09. The van der Waals surface area contributed by atoms with Crippen molar-refractivity contribution in [2.24, 2.45) is 5.92 Å². The van der Waals surface area contributed by atoms with Crippen molar-refractivity contribution < 1.29 is 13.5 Å². The third kappa shape index (κ3) is 3.68. The Hall–Kier alpha value is -0.130. The van der Waals surface area contributed by atoms with Crippen LogP contribution in [0.1, 0.15) is 45.4 Å². The van der Waals surface area contributed by atoms with Crippen LogP contribution in [0.5, 0.6) is 0 Å². The van der Waals surface area contributed by atoms with Crippen molar-refractivity contribution in [3.8, 4) is 0 Å². The Labute approximate surface area is 110 Å². The molecule has 1 saturated heterocycles. The maximum Gasteiger partial charge on any atom is 0.151 e. The summed E-state index contributed by atoms with van der Waals surface area (Å²) in [5, 5.41) is 13.7. The second kappa shape index (κ2) is 5.47. The molecule has 2 rings (SSSR count). The molecule has 106 valence electrons. The third-order valence-electron chi connectivity index (χ3n) is 4.57. The molecule has 0 radical (unpaired) electrons. The van der Waals surface area contributed by atoms with E-state index >= 15 is 0 Å². The van der Waals surface area contributed by atoms with Gasteiger partial charge < -0.3 is 10.4 Å². The first-order valence-corrected chi connectivity index (χ1v) is 8.91. The third-order valence-corrected chi connectivity index (χ3v) is 6.33. The lowest BCUT2D eigenvalue weighted by atomic mass is 9.78. The molecule has 0 bridgehead atoms. The average Bonchev–Trinajstić information content (AvgIpc) is 2.68. The molecular formula is C13H25NO3S. The topological polar surface area (TPSA) is 66.4 Å². The van der Waals surface area contributed by atoms with Crippen LogP contribution >= 0.6 is 0 Å². The largest absolute Gasteiger partial charge is 0.389 e. The van der Waals surface area contributed by atoms with E-state index in [1.54, 1.807) is 0 Å². The molecule has 2 fully saturated rings. The summed E-state index contributed by atoms with van der Waals surface area (Å²) >= 11 is 0. The van der Waals surface area contributed by atoms with Crippen molar-refractivity contribution in [3.05, 3.63) is 0 Å². The van der Waals surface area contributed by atoms with Crippen LogP contribution in [0.2, 0.25) is 0 Å². The van der Waals surface area contributed by atoms with Gasteiger partial charge in [-0.1, -0.05) is 13.3 Å². The number of aliphatic hydroxyl groups is 1. The summed E-state index contributed by atoms with van der Waals surface area (Å²) in [6.45, 7) is 2.75. The zero-order valence-corrected chi connectivity index (χ0v) is 12.0. The van der Waals surface area contributed by atoms with Gasteiger partial charge in [0.2, 0.25) is 0 Å². The Morgan fingerprint density at radius 1 is 1.28 bits per heavy atom. The van der Waals surface area contributed by atoms with Crippen LogP contribution in [0.4, 0.5) is 0 Å². The van der Waals surface area contributed by atoms with Gasteiger partial charge in [0.1, 0.15) is 0 Å². The SMILES string of the molecule is CCC1CCC(O)(CNC2CCS(=O)(=O)C2)CC1. The van der Waals surface area contributed by atoms with Crippen LogP contribution in [-0.2, 0) is 9.84 Å². The maximum atomic E-state index is 11.4. The predicted octanol–water partition coefficient (Wildman–Crippen LogP) is 1.09. The molecule has 1 atom stereocenters. The van der Waals surface area contributed by atoms with E-state index in [-0.39, 0.29) is 11.8 Å². The zero-order valence-electron chi connectivity index (χ0n) is 11.2. The van der Waals surface area contributed by atoms with Gasteiger partial charge in [0.15, 0.2) is 9.84 Å². The molecule has 1 unspecified atom stereocenters. The van der Waals surface area contributed by atoms with E-state index in [0.29, 0.717) is 18.7 Å². The Balaban J connectivity index is 1.77. The molecule has 1 aliphatic carbocycles. The zero-order chi connectivity index (χ0) is 13.2. The molecule has 0 aromatic carbocycles. The Kier molecular flexibility index (Phi) is 4.34. The molecule has 4 nitrogen and oxygen atoms in total. The summed E-state index contributed by atoms with van der Waals surface area (Å²) in [6.07, 6.45) is 5.77. The first kappa shape index (κ1) is 14.3. The lowest BCUT2D eigenvalue weighted by molar-refractivity contribution is -0.0101. The van der Waals surface area contributed by atoms with Crippen molar-refractivity contribution in [1.29, 1.82) is 0 Å². The highest BCUT2D eigenvalue weighted by atomic mass is 32.2. The van der Waals surface area contributed by atoms with Gasteiger partial charge in [0.25, 0.3) is 0 Å². The molecule has 2 aliphatic rings. The van der Waals surface area contributed by atoms with Crippen LogP contribution < -0.4 is 5.32 Å². The van der Waals surface area contributed by atoms with Crippen LogP contribution in [-0.4, -0.2) is 43.2 Å². The Bertz CT molecular complexity index is 372. The fourth-order valence-corrected chi connectivity index (χ4v) is 4.80. The van der Waals surface area contributed by atoms with Gasteiger partial charge in [0, 0.05) is 12.6 Å². The second-order valence-electron chi connectivity index (χ2n) is 6.06. The van der Waals surface area contributed by atoms with Crippen molar-refractivity contribution >= 4 is 9.84 Å². The van der Waals surface area contributed by atoms with Gasteiger partial charge in [0.05, 0.1) is 17.1 Å². The van der Waals surface area contributed by atoms with Crippen LogP contribution in [0.3, 0.4) is 0 Å². The molecular weight excluding hydrogens is 250 g/mol.